The van der Waals surface area contributed by atoms with E-state index in [-0.39, 0.29) is 17.5 Å². The van der Waals surface area contributed by atoms with Crippen molar-refractivity contribution in [3.63, 3.8) is 0 Å². The minimum Gasteiger partial charge on any atom is -0.361 e. The lowest BCUT2D eigenvalue weighted by atomic mass is 10.2. The Morgan fingerprint density at radius 1 is 1.38 bits per heavy atom. The van der Waals surface area contributed by atoms with Crippen LogP contribution in [0.3, 0.4) is 0 Å². The van der Waals surface area contributed by atoms with Gasteiger partial charge in [0.15, 0.2) is 14.9 Å². The molecule has 9 heteroatoms. The number of nitrogens with zero attached hydrogens (tertiary/aromatic N) is 2. The monoisotopic (exact) mass is 407 g/mol. The second-order valence-corrected chi connectivity index (χ2v) is 10.0. The average molecular weight is 408 g/mol. The van der Waals surface area contributed by atoms with Gasteiger partial charge >= 0.3 is 0 Å². The molecule has 1 fully saturated rings. The number of hydrazine groups is 1. The lowest BCUT2D eigenvalue weighted by Crippen LogP contribution is -2.53. The quantitative estimate of drug-likeness (QED) is 0.336. The molecule has 1 heterocycles. The molecule has 0 saturated carbocycles. The van der Waals surface area contributed by atoms with E-state index >= 15 is 0 Å². The van der Waals surface area contributed by atoms with Crippen LogP contribution in [0.5, 0.6) is 0 Å². The van der Waals surface area contributed by atoms with Crippen molar-refractivity contribution in [3.05, 3.63) is 29.3 Å². The maximum atomic E-state index is 11.7. The topological polar surface area (TPSA) is 52.6 Å². The minimum atomic E-state index is -2.94. The van der Waals surface area contributed by atoms with E-state index < -0.39 is 9.84 Å². The molecule has 0 aromatic heterocycles. The summed E-state index contributed by atoms with van der Waals surface area (Å²) in [4.78, 5) is 1.15. The van der Waals surface area contributed by atoms with E-state index in [9.17, 15) is 8.42 Å². The molecule has 5 nitrogen and oxygen atoms in total. The molecule has 0 radical (unpaired) electrons. The van der Waals surface area contributed by atoms with Gasteiger partial charge in [-0.3, -0.25) is 5.01 Å². The van der Waals surface area contributed by atoms with Gasteiger partial charge in [0.25, 0.3) is 0 Å². The number of rotatable bonds is 6. The Morgan fingerprint density at radius 3 is 2.58 bits per heavy atom. The molecule has 0 amide bonds. The third-order valence-electron chi connectivity index (χ3n) is 3.65. The molecule has 24 heavy (non-hydrogen) atoms. The van der Waals surface area contributed by atoms with Gasteiger partial charge in [-0.05, 0) is 42.9 Å². The van der Waals surface area contributed by atoms with Crippen LogP contribution in [-0.2, 0) is 9.84 Å². The zero-order valence-corrected chi connectivity index (χ0v) is 16.9. The largest absolute Gasteiger partial charge is 0.361 e. The number of thioether (sulfide) groups is 1. The van der Waals surface area contributed by atoms with Gasteiger partial charge in [-0.2, -0.15) is 0 Å². The van der Waals surface area contributed by atoms with E-state index in [1.807, 2.05) is 48.4 Å². The average Bonchev–Trinajstić information content (AvgIpc) is 2.85. The fourth-order valence-electron chi connectivity index (χ4n) is 2.58. The Morgan fingerprint density at radius 2 is 2.04 bits per heavy atom. The summed E-state index contributed by atoms with van der Waals surface area (Å²) in [7, 11) is 0.810. The molecule has 0 unspecified atom stereocenters. The third-order valence-corrected chi connectivity index (χ3v) is 7.00. The van der Waals surface area contributed by atoms with Gasteiger partial charge in [0.05, 0.1) is 17.5 Å². The summed E-state index contributed by atoms with van der Waals surface area (Å²) in [6.45, 7) is 0.704. The van der Waals surface area contributed by atoms with E-state index in [0.717, 1.165) is 15.7 Å². The molecule has 0 bridgehead atoms. The van der Waals surface area contributed by atoms with Crippen molar-refractivity contribution in [1.29, 1.82) is 0 Å². The number of halogens is 1. The highest BCUT2D eigenvalue weighted by molar-refractivity contribution is 7.99. The van der Waals surface area contributed by atoms with E-state index in [1.165, 1.54) is 0 Å². The number of benzene rings is 1. The zero-order chi connectivity index (χ0) is 17.7. The predicted octanol–water partition coefficient (Wildman–Crippen LogP) is 2.27. The fourth-order valence-corrected chi connectivity index (χ4v) is 5.58. The standard InChI is InChI=1S/C15H22ClN3O2S3/c1-18(2)19(13-7-10-24(20,21)11-13)15(22)17-8-9-23-14-5-3-12(16)4-6-14/h3-6,13H,7-11H2,1-2H3,(H,17,22)/t13-/m1/s1. The second kappa shape index (κ2) is 8.71. The smallest absolute Gasteiger partial charge is 0.183 e. The van der Waals surface area contributed by atoms with Crippen LogP contribution >= 0.6 is 35.6 Å². The first kappa shape index (κ1) is 19.8. The maximum absolute atomic E-state index is 11.7. The lowest BCUT2D eigenvalue weighted by molar-refractivity contribution is 0.0715. The summed E-state index contributed by atoms with van der Waals surface area (Å²) in [6, 6.07) is 7.63. The summed E-state index contributed by atoms with van der Waals surface area (Å²) >= 11 is 13.0. The molecule has 0 aliphatic carbocycles. The van der Waals surface area contributed by atoms with Crippen molar-refractivity contribution >= 4 is 50.5 Å². The first-order valence-electron chi connectivity index (χ1n) is 7.61. The summed E-state index contributed by atoms with van der Waals surface area (Å²) in [5.41, 5.74) is 0. The highest BCUT2D eigenvalue weighted by Gasteiger charge is 2.34. The Labute approximate surface area is 158 Å². The Balaban J connectivity index is 1.82. The highest BCUT2D eigenvalue weighted by Crippen LogP contribution is 2.20. The molecule has 1 aromatic rings. The van der Waals surface area contributed by atoms with Crippen LogP contribution in [-0.4, -0.2) is 67.5 Å². The van der Waals surface area contributed by atoms with Crippen LogP contribution in [0.1, 0.15) is 6.42 Å². The van der Waals surface area contributed by atoms with Gasteiger partial charge in [0.1, 0.15) is 0 Å². The normalized spacial score (nSPS) is 19.4. The number of thiocarbonyl (C=S) groups is 1. The molecule has 1 atom stereocenters. The molecule has 0 spiro atoms. The fraction of sp³-hybridized carbons (Fsp3) is 0.533. The van der Waals surface area contributed by atoms with Gasteiger partial charge in [0, 0.05) is 36.3 Å². The Kier molecular flexibility index (Phi) is 7.18. The van der Waals surface area contributed by atoms with Crippen LogP contribution < -0.4 is 5.32 Å². The summed E-state index contributed by atoms with van der Waals surface area (Å²) in [5.74, 6) is 1.25. The van der Waals surface area contributed by atoms with Gasteiger partial charge < -0.3 is 5.32 Å². The van der Waals surface area contributed by atoms with Crippen molar-refractivity contribution in [2.45, 2.75) is 17.4 Å². The molecular weight excluding hydrogens is 386 g/mol. The molecule has 134 valence electrons. The molecule has 1 aromatic carbocycles. The van der Waals surface area contributed by atoms with E-state index in [4.69, 9.17) is 23.8 Å². The second-order valence-electron chi connectivity index (χ2n) is 5.78. The van der Waals surface area contributed by atoms with Gasteiger partial charge in [-0.15, -0.1) is 11.8 Å². The maximum Gasteiger partial charge on any atom is 0.183 e. The first-order chi connectivity index (χ1) is 11.3. The summed E-state index contributed by atoms with van der Waals surface area (Å²) in [5, 5.41) is 8.24. The Hall–Kier alpha value is -0.540. The highest BCUT2D eigenvalue weighted by atomic mass is 35.5. The molecule has 1 saturated heterocycles. The summed E-state index contributed by atoms with van der Waals surface area (Å²) < 4.78 is 23.4. The zero-order valence-electron chi connectivity index (χ0n) is 13.7. The van der Waals surface area contributed by atoms with E-state index in [0.29, 0.717) is 18.1 Å². The number of nitrogens with one attached hydrogen (secondary N) is 1. The third kappa shape index (κ3) is 5.77. The molecule has 1 aliphatic heterocycles. The van der Waals surface area contributed by atoms with Crippen molar-refractivity contribution in [2.75, 3.05) is 37.9 Å². The van der Waals surface area contributed by atoms with Crippen LogP contribution in [0.4, 0.5) is 0 Å². The number of hydrogen-bond acceptors (Lipinski definition) is 5. The minimum absolute atomic E-state index is 0.0890. The van der Waals surface area contributed by atoms with Crippen molar-refractivity contribution in [2.24, 2.45) is 0 Å². The van der Waals surface area contributed by atoms with Crippen molar-refractivity contribution < 1.29 is 8.42 Å². The van der Waals surface area contributed by atoms with E-state index in [1.54, 1.807) is 11.8 Å². The van der Waals surface area contributed by atoms with Crippen molar-refractivity contribution in [1.82, 2.24) is 15.3 Å². The molecule has 1 aliphatic rings. The molecule has 1 N–H and O–H groups in total. The van der Waals surface area contributed by atoms with Crippen LogP contribution in [0.25, 0.3) is 0 Å². The van der Waals surface area contributed by atoms with Gasteiger partial charge in [0.2, 0.25) is 0 Å². The summed E-state index contributed by atoms with van der Waals surface area (Å²) in [6.07, 6.45) is 0.613. The molecular formula is C15H22ClN3O2S3. The number of hydrogen-bond donors (Lipinski definition) is 1. The molecule has 2 rings (SSSR count). The predicted molar refractivity (Wildman–Crippen MR) is 105 cm³/mol. The van der Waals surface area contributed by atoms with Crippen LogP contribution in [0.2, 0.25) is 5.02 Å². The Bertz CT molecular complexity index is 665. The van der Waals surface area contributed by atoms with Crippen molar-refractivity contribution in [3.8, 4) is 0 Å². The number of sulfone groups is 1. The SMILES string of the molecule is CN(C)N(C(=S)NCCSc1ccc(Cl)cc1)[C@@H]1CCS(=O)(=O)C1. The van der Waals surface area contributed by atoms with Crippen LogP contribution in [0.15, 0.2) is 29.2 Å². The van der Waals surface area contributed by atoms with Gasteiger partial charge in [-0.25, -0.2) is 13.4 Å². The van der Waals surface area contributed by atoms with Gasteiger partial charge in [-0.1, -0.05) is 11.6 Å². The lowest BCUT2D eigenvalue weighted by Gasteiger charge is -2.36. The van der Waals surface area contributed by atoms with Crippen LogP contribution in [0, 0.1) is 0 Å². The first-order valence-corrected chi connectivity index (χ1v) is 11.2. The van der Waals surface area contributed by atoms with E-state index in [2.05, 4.69) is 5.32 Å².